The van der Waals surface area contributed by atoms with Crippen LogP contribution in [0.5, 0.6) is 0 Å². The van der Waals surface area contributed by atoms with Crippen LogP contribution < -0.4 is 16.0 Å². The zero-order valence-electron chi connectivity index (χ0n) is 16.0. The normalized spacial score (nSPS) is 17.1. The molecule has 1 aromatic carbocycles. The molecule has 0 saturated carbocycles. The predicted octanol–water partition coefficient (Wildman–Crippen LogP) is 1.79. The van der Waals surface area contributed by atoms with Gasteiger partial charge in [0.2, 0.25) is 0 Å². The largest absolute Gasteiger partial charge is 0.382 e. The third-order valence-corrected chi connectivity index (χ3v) is 4.40. The molecule has 27 heavy (non-hydrogen) atoms. The van der Waals surface area contributed by atoms with Crippen molar-refractivity contribution in [2.45, 2.75) is 13.0 Å². The monoisotopic (exact) mass is 370 g/mol. The van der Waals surface area contributed by atoms with Crippen LogP contribution in [0.2, 0.25) is 0 Å². The highest BCUT2D eigenvalue weighted by atomic mass is 16.5. The van der Waals surface area contributed by atoms with Crippen molar-refractivity contribution < 1.29 is 14.3 Å². The molecule has 0 radical (unpaired) electrons. The third-order valence-electron chi connectivity index (χ3n) is 4.40. The molecule has 0 bridgehead atoms. The fourth-order valence-electron chi connectivity index (χ4n) is 3.15. The molecule has 0 aliphatic carbocycles. The van der Waals surface area contributed by atoms with E-state index in [1.807, 2.05) is 25.1 Å². The van der Waals surface area contributed by atoms with Crippen LogP contribution in [0, 0.1) is 0 Å². The number of nitrogens with one attached hydrogen (secondary N) is 3. The van der Waals surface area contributed by atoms with E-state index in [9.17, 15) is 4.79 Å². The molecule has 0 aromatic heterocycles. The van der Waals surface area contributed by atoms with Gasteiger partial charge in [0, 0.05) is 37.7 Å². The van der Waals surface area contributed by atoms with Crippen LogP contribution in [0.3, 0.4) is 0 Å². The van der Waals surface area contributed by atoms with Crippen molar-refractivity contribution in [3.05, 3.63) is 46.7 Å². The molecule has 0 fully saturated rings. The highest BCUT2D eigenvalue weighted by Crippen LogP contribution is 2.26. The standard InChI is InChI=1S/C20H26N4O3/c1-13-21-10-17(23-13)7-14-6-16-8-15(4-5-19(16)22-9-14)20(25)24-18(11-26-2)12-27-3/h4-8,18,22H,9-12H2,1-3H3,(H,21,23)(H,24,25)/b17-7-. The van der Waals surface area contributed by atoms with Crippen LogP contribution in [-0.4, -0.2) is 58.3 Å². The number of anilines is 1. The number of fused-ring (bicyclic) bond motifs is 1. The number of nitrogens with zero attached hydrogens (tertiary/aromatic N) is 1. The van der Waals surface area contributed by atoms with Gasteiger partial charge in [-0.3, -0.25) is 9.79 Å². The van der Waals surface area contributed by atoms with Gasteiger partial charge in [0.05, 0.1) is 31.6 Å². The minimum atomic E-state index is -0.186. The van der Waals surface area contributed by atoms with Crippen LogP contribution in [0.25, 0.3) is 6.08 Å². The second-order valence-corrected chi connectivity index (χ2v) is 6.65. The van der Waals surface area contributed by atoms with E-state index in [1.54, 1.807) is 14.2 Å². The van der Waals surface area contributed by atoms with Crippen molar-refractivity contribution in [3.8, 4) is 0 Å². The first-order chi connectivity index (χ1) is 13.1. The minimum absolute atomic E-state index is 0.141. The number of carbonyl (C=O) groups excluding carboxylic acids is 1. The van der Waals surface area contributed by atoms with Gasteiger partial charge in [-0.05, 0) is 48.4 Å². The van der Waals surface area contributed by atoms with E-state index in [-0.39, 0.29) is 11.9 Å². The van der Waals surface area contributed by atoms with Gasteiger partial charge >= 0.3 is 0 Å². The molecule has 0 atom stereocenters. The Morgan fingerprint density at radius 1 is 1.33 bits per heavy atom. The summed E-state index contributed by atoms with van der Waals surface area (Å²) in [5.74, 6) is 0.795. The van der Waals surface area contributed by atoms with E-state index < -0.39 is 0 Å². The maximum Gasteiger partial charge on any atom is 0.251 e. The third kappa shape index (κ3) is 4.96. The van der Waals surface area contributed by atoms with Gasteiger partial charge in [-0.25, -0.2) is 0 Å². The van der Waals surface area contributed by atoms with Crippen LogP contribution in [-0.2, 0) is 9.47 Å². The molecule has 0 unspecified atom stereocenters. The summed E-state index contributed by atoms with van der Waals surface area (Å²) in [5.41, 5.74) is 4.84. The molecule has 2 heterocycles. The number of benzene rings is 1. The number of amidine groups is 1. The van der Waals surface area contributed by atoms with E-state index in [4.69, 9.17) is 9.47 Å². The van der Waals surface area contributed by atoms with Gasteiger partial charge in [-0.1, -0.05) is 0 Å². The lowest BCUT2D eigenvalue weighted by Crippen LogP contribution is -2.41. The molecule has 2 aliphatic rings. The number of methoxy groups -OCH3 is 2. The Kier molecular flexibility index (Phi) is 6.26. The molecular formula is C20H26N4O3. The highest BCUT2D eigenvalue weighted by Gasteiger charge is 2.16. The summed E-state index contributed by atoms with van der Waals surface area (Å²) in [4.78, 5) is 16.9. The molecule has 7 nitrogen and oxygen atoms in total. The number of hydrogen-bond acceptors (Lipinski definition) is 6. The zero-order valence-corrected chi connectivity index (χ0v) is 16.0. The Morgan fingerprint density at radius 3 is 2.78 bits per heavy atom. The van der Waals surface area contributed by atoms with Crippen LogP contribution in [0.15, 0.2) is 40.5 Å². The zero-order chi connectivity index (χ0) is 19.2. The van der Waals surface area contributed by atoms with Crippen molar-refractivity contribution in [1.29, 1.82) is 0 Å². The lowest BCUT2D eigenvalue weighted by atomic mass is 10.0. The smallest absolute Gasteiger partial charge is 0.251 e. The summed E-state index contributed by atoms with van der Waals surface area (Å²) >= 11 is 0. The van der Waals surface area contributed by atoms with Gasteiger partial charge in [0.15, 0.2) is 0 Å². The van der Waals surface area contributed by atoms with Gasteiger partial charge in [0.1, 0.15) is 0 Å². The topological polar surface area (TPSA) is 84.0 Å². The van der Waals surface area contributed by atoms with Gasteiger partial charge < -0.3 is 25.4 Å². The number of carbonyl (C=O) groups is 1. The van der Waals surface area contributed by atoms with Crippen LogP contribution in [0.1, 0.15) is 22.8 Å². The minimum Gasteiger partial charge on any atom is -0.382 e. The Labute approximate surface area is 159 Å². The van der Waals surface area contributed by atoms with Crippen molar-refractivity contribution >= 4 is 23.5 Å². The number of hydrogen-bond donors (Lipinski definition) is 3. The fraction of sp³-hybridized carbons (Fsp3) is 0.400. The predicted molar refractivity (Wildman–Crippen MR) is 107 cm³/mol. The first-order valence-electron chi connectivity index (χ1n) is 8.95. The summed E-state index contributed by atoms with van der Waals surface area (Å²) in [6, 6.07) is 5.47. The first-order valence-corrected chi connectivity index (χ1v) is 8.95. The van der Waals surface area contributed by atoms with Crippen LogP contribution >= 0.6 is 0 Å². The molecule has 3 N–H and O–H groups in total. The van der Waals surface area contributed by atoms with Crippen molar-refractivity contribution in [2.24, 2.45) is 4.99 Å². The number of rotatable bonds is 7. The Balaban J connectivity index is 1.74. The van der Waals surface area contributed by atoms with E-state index >= 15 is 0 Å². The quantitative estimate of drug-likeness (QED) is 0.682. The molecule has 1 amide bonds. The lowest BCUT2D eigenvalue weighted by molar-refractivity contribution is 0.0779. The second-order valence-electron chi connectivity index (χ2n) is 6.65. The maximum absolute atomic E-state index is 12.6. The molecule has 7 heteroatoms. The lowest BCUT2D eigenvalue weighted by Gasteiger charge is -2.20. The van der Waals surface area contributed by atoms with E-state index in [0.717, 1.165) is 34.9 Å². The van der Waals surface area contributed by atoms with Gasteiger partial charge in [-0.15, -0.1) is 0 Å². The van der Waals surface area contributed by atoms with Gasteiger partial charge in [0.25, 0.3) is 5.91 Å². The van der Waals surface area contributed by atoms with E-state index in [2.05, 4.69) is 33.1 Å². The molecule has 3 rings (SSSR count). The molecule has 1 aromatic rings. The summed E-state index contributed by atoms with van der Waals surface area (Å²) in [7, 11) is 3.21. The van der Waals surface area contributed by atoms with Crippen molar-refractivity contribution in [3.63, 3.8) is 0 Å². The summed E-state index contributed by atoms with van der Waals surface area (Å²) < 4.78 is 10.3. The molecule has 144 valence electrons. The summed E-state index contributed by atoms with van der Waals surface area (Å²) in [5, 5.41) is 9.60. The second kappa shape index (κ2) is 8.83. The van der Waals surface area contributed by atoms with Crippen molar-refractivity contribution in [1.82, 2.24) is 10.6 Å². The average Bonchev–Trinajstić information content (AvgIpc) is 3.06. The highest BCUT2D eigenvalue weighted by molar-refractivity contribution is 5.96. The Hall–Kier alpha value is -2.64. The van der Waals surface area contributed by atoms with Crippen molar-refractivity contribution in [2.75, 3.05) is 45.8 Å². The molecule has 0 spiro atoms. The molecule has 0 saturated heterocycles. The van der Waals surface area contributed by atoms with E-state index in [0.29, 0.717) is 25.3 Å². The van der Waals surface area contributed by atoms with Crippen LogP contribution in [0.4, 0.5) is 5.69 Å². The summed E-state index contributed by atoms with van der Waals surface area (Å²) in [6.45, 7) is 4.18. The Morgan fingerprint density at radius 2 is 2.11 bits per heavy atom. The number of ether oxygens (including phenoxy) is 2. The van der Waals surface area contributed by atoms with Gasteiger partial charge in [-0.2, -0.15) is 0 Å². The fourth-order valence-corrected chi connectivity index (χ4v) is 3.15. The first kappa shape index (κ1) is 19.1. The van der Waals surface area contributed by atoms with E-state index in [1.165, 1.54) is 0 Å². The molecule has 2 aliphatic heterocycles. The number of amides is 1. The summed E-state index contributed by atoms with van der Waals surface area (Å²) in [6.07, 6.45) is 4.21. The average molecular weight is 370 g/mol. The Bertz CT molecular complexity index is 792. The molecular weight excluding hydrogens is 344 g/mol. The number of aliphatic imine (C=N–C) groups is 1. The SMILES string of the molecule is COCC(COC)NC(=O)c1ccc2c(c1)C=C(/C=C1/CN=C(C)N1)CN2. The maximum atomic E-state index is 12.6.